The van der Waals surface area contributed by atoms with Gasteiger partial charge in [0.05, 0.1) is 36.1 Å². The lowest BCUT2D eigenvalue weighted by Crippen LogP contribution is -2.27. The van der Waals surface area contributed by atoms with Crippen molar-refractivity contribution in [1.82, 2.24) is 0 Å². The topological polar surface area (TPSA) is 13.0 Å². The summed E-state index contributed by atoms with van der Waals surface area (Å²) in [5.41, 5.74) is 9.18. The molecule has 4 nitrogen and oxygen atoms in total. The number of rotatable bonds is 3. The molecule has 0 atom stereocenters. The summed E-state index contributed by atoms with van der Waals surface area (Å²) < 4.78 is 0. The molecule has 2 aliphatic heterocycles. The second kappa shape index (κ2) is 6.48. The van der Waals surface area contributed by atoms with Crippen LogP contribution in [0.2, 0.25) is 0 Å². The van der Waals surface area contributed by atoms with Gasteiger partial charge >= 0.3 is 0 Å². The number of hydrogen-bond acceptors (Lipinski definition) is 4. The van der Waals surface area contributed by atoms with Crippen LogP contribution in [-0.4, -0.2) is 27.4 Å². The van der Waals surface area contributed by atoms with E-state index in [4.69, 9.17) is 0 Å². The summed E-state index contributed by atoms with van der Waals surface area (Å²) in [6.07, 6.45) is 0.996. The fourth-order valence-corrected chi connectivity index (χ4v) is 4.60. The molecule has 0 aromatic heterocycles. The van der Waals surface area contributed by atoms with Crippen molar-refractivity contribution < 1.29 is 0 Å². The van der Waals surface area contributed by atoms with Gasteiger partial charge in [-0.15, -0.1) is 0 Å². The van der Waals surface area contributed by atoms with Crippen LogP contribution in [0.25, 0.3) is 0 Å². The summed E-state index contributed by atoms with van der Waals surface area (Å²) in [5.74, 6) is 0. The molecule has 0 fully saturated rings. The molecule has 0 N–H and O–H groups in total. The molecule has 5 rings (SSSR count). The van der Waals surface area contributed by atoms with E-state index in [0.717, 1.165) is 19.8 Å². The second-order valence-electron chi connectivity index (χ2n) is 7.64. The first-order valence-corrected chi connectivity index (χ1v) is 9.96. The zero-order valence-corrected chi connectivity index (χ0v) is 16.8. The minimum Gasteiger partial charge on any atom is -0.355 e. The summed E-state index contributed by atoms with van der Waals surface area (Å²) in [7, 11) is 4.33. The Morgan fingerprint density at radius 2 is 0.964 bits per heavy atom. The lowest BCUT2D eigenvalue weighted by atomic mass is 10.0. The van der Waals surface area contributed by atoms with Crippen LogP contribution in [0.5, 0.6) is 0 Å². The van der Waals surface area contributed by atoms with E-state index in [9.17, 15) is 0 Å². The number of para-hydroxylation sites is 4. The van der Waals surface area contributed by atoms with Gasteiger partial charge in [-0.25, -0.2) is 0 Å². The Kier molecular flexibility index (Phi) is 3.93. The van der Waals surface area contributed by atoms with E-state index >= 15 is 0 Å². The van der Waals surface area contributed by atoms with Gasteiger partial charge in [0.15, 0.2) is 0 Å². The number of fused-ring (bicyclic) bond motifs is 2. The van der Waals surface area contributed by atoms with Crippen LogP contribution in [-0.2, 0) is 6.42 Å². The first-order valence-electron chi connectivity index (χ1n) is 9.96. The van der Waals surface area contributed by atoms with Gasteiger partial charge in [0.1, 0.15) is 0 Å². The maximum atomic E-state index is 2.45. The Balaban J connectivity index is 1.62. The maximum absolute atomic E-state index is 2.45. The van der Waals surface area contributed by atoms with Gasteiger partial charge in [0.25, 0.3) is 0 Å². The molecule has 142 valence electrons. The molecule has 0 unspecified atom stereocenters. The maximum Gasteiger partial charge on any atom is 0.0950 e. The number of anilines is 6. The Hall–Kier alpha value is -3.14. The normalized spacial score (nSPS) is 15.2. The SMILES string of the molecule is CCc1c(N2CN(C)c3ccccc32)cccc1N1CN(C)c2ccccc21. The zero-order valence-electron chi connectivity index (χ0n) is 16.8. The predicted molar refractivity (Wildman–Crippen MR) is 120 cm³/mol. The van der Waals surface area contributed by atoms with Crippen LogP contribution in [0.1, 0.15) is 12.5 Å². The van der Waals surface area contributed by atoms with Crippen molar-refractivity contribution in [1.29, 1.82) is 0 Å². The molecule has 4 heteroatoms. The fraction of sp³-hybridized carbons (Fsp3) is 0.250. The van der Waals surface area contributed by atoms with E-state index in [0.29, 0.717) is 0 Å². The Morgan fingerprint density at radius 1 is 0.571 bits per heavy atom. The Bertz CT molecular complexity index is 951. The van der Waals surface area contributed by atoms with Crippen LogP contribution < -0.4 is 19.6 Å². The molecule has 0 amide bonds. The zero-order chi connectivity index (χ0) is 19.3. The summed E-state index contributed by atoms with van der Waals surface area (Å²) >= 11 is 0. The van der Waals surface area contributed by atoms with Crippen LogP contribution in [0.3, 0.4) is 0 Å². The molecule has 2 aliphatic rings. The molecule has 3 aromatic carbocycles. The highest BCUT2D eigenvalue weighted by atomic mass is 15.4. The average molecular weight is 371 g/mol. The summed E-state index contributed by atoms with van der Waals surface area (Å²) in [6.45, 7) is 4.03. The average Bonchev–Trinajstić information content (AvgIpc) is 3.25. The fourth-order valence-electron chi connectivity index (χ4n) is 4.60. The number of nitrogens with zero attached hydrogens (tertiary/aromatic N) is 4. The van der Waals surface area contributed by atoms with E-state index in [1.165, 1.54) is 39.7 Å². The van der Waals surface area contributed by atoms with E-state index in [2.05, 4.69) is 107 Å². The lowest BCUT2D eigenvalue weighted by Gasteiger charge is -2.28. The minimum atomic E-state index is 0.881. The third-order valence-corrected chi connectivity index (χ3v) is 5.94. The first kappa shape index (κ1) is 17.0. The summed E-state index contributed by atoms with van der Waals surface area (Å²) in [5, 5.41) is 0. The standard InChI is InChI=1S/C24H26N4/c1-4-18-19(27-16-25(2)21-10-5-7-12-23(21)27)14-9-15-20(18)28-17-26(3)22-11-6-8-13-24(22)28/h5-15H,4,16-17H2,1-3H3. The smallest absolute Gasteiger partial charge is 0.0950 e. The minimum absolute atomic E-state index is 0.881. The van der Waals surface area contributed by atoms with Crippen molar-refractivity contribution in [2.24, 2.45) is 0 Å². The molecule has 0 aliphatic carbocycles. The molecule has 0 saturated carbocycles. The van der Waals surface area contributed by atoms with Gasteiger partial charge in [0, 0.05) is 25.5 Å². The molecule has 2 heterocycles. The van der Waals surface area contributed by atoms with Crippen molar-refractivity contribution in [2.45, 2.75) is 13.3 Å². The van der Waals surface area contributed by atoms with E-state index in [1.54, 1.807) is 0 Å². The highest BCUT2D eigenvalue weighted by Crippen LogP contribution is 2.46. The van der Waals surface area contributed by atoms with Gasteiger partial charge in [-0.2, -0.15) is 0 Å². The third kappa shape index (κ3) is 2.44. The Morgan fingerprint density at radius 3 is 1.39 bits per heavy atom. The van der Waals surface area contributed by atoms with Crippen LogP contribution in [0, 0.1) is 0 Å². The quantitative estimate of drug-likeness (QED) is 0.617. The molecular weight excluding hydrogens is 344 g/mol. The molecule has 28 heavy (non-hydrogen) atoms. The van der Waals surface area contributed by atoms with E-state index < -0.39 is 0 Å². The highest BCUT2D eigenvalue weighted by Gasteiger charge is 2.29. The van der Waals surface area contributed by atoms with Gasteiger partial charge in [-0.3, -0.25) is 0 Å². The van der Waals surface area contributed by atoms with Gasteiger partial charge in [-0.1, -0.05) is 37.3 Å². The second-order valence-corrected chi connectivity index (χ2v) is 7.64. The van der Waals surface area contributed by atoms with Crippen molar-refractivity contribution in [2.75, 3.05) is 47.0 Å². The molecule has 0 bridgehead atoms. The first-order chi connectivity index (χ1) is 13.7. The van der Waals surface area contributed by atoms with Gasteiger partial charge in [0.2, 0.25) is 0 Å². The molecule has 0 spiro atoms. The number of hydrogen-bond donors (Lipinski definition) is 0. The predicted octanol–water partition coefficient (Wildman–Crippen LogP) is 5.34. The largest absolute Gasteiger partial charge is 0.355 e. The highest BCUT2D eigenvalue weighted by molar-refractivity contribution is 5.88. The number of benzene rings is 3. The van der Waals surface area contributed by atoms with Gasteiger partial charge < -0.3 is 19.6 Å². The van der Waals surface area contributed by atoms with Crippen LogP contribution in [0.15, 0.2) is 66.7 Å². The lowest BCUT2D eigenvalue weighted by molar-refractivity contribution is 0.922. The van der Waals surface area contributed by atoms with Crippen molar-refractivity contribution in [3.63, 3.8) is 0 Å². The van der Waals surface area contributed by atoms with E-state index in [-0.39, 0.29) is 0 Å². The summed E-state index contributed by atoms with van der Waals surface area (Å²) in [6, 6.07) is 24.1. The molecule has 3 aromatic rings. The molecular formula is C24H26N4. The van der Waals surface area contributed by atoms with Crippen LogP contribution >= 0.6 is 0 Å². The third-order valence-electron chi connectivity index (χ3n) is 5.94. The monoisotopic (exact) mass is 370 g/mol. The van der Waals surface area contributed by atoms with Crippen LogP contribution in [0.4, 0.5) is 34.1 Å². The summed E-state index contributed by atoms with van der Waals surface area (Å²) in [4.78, 5) is 9.54. The molecule has 0 radical (unpaired) electrons. The van der Waals surface area contributed by atoms with Gasteiger partial charge in [-0.05, 0) is 48.4 Å². The molecule has 0 saturated heterocycles. The van der Waals surface area contributed by atoms with E-state index in [1.807, 2.05) is 0 Å². The van der Waals surface area contributed by atoms with Crippen molar-refractivity contribution in [3.05, 3.63) is 72.3 Å². The van der Waals surface area contributed by atoms with Crippen molar-refractivity contribution in [3.8, 4) is 0 Å². The van der Waals surface area contributed by atoms with Crippen molar-refractivity contribution >= 4 is 34.1 Å². The Labute approximate surface area is 167 Å².